The van der Waals surface area contributed by atoms with Gasteiger partial charge in [-0.05, 0) is 78.2 Å². The van der Waals surface area contributed by atoms with E-state index in [0.29, 0.717) is 22.6 Å². The van der Waals surface area contributed by atoms with Crippen LogP contribution in [0.3, 0.4) is 0 Å². The average Bonchev–Trinajstić information content (AvgIpc) is 3.13. The number of nitrogens with zero attached hydrogens (tertiary/aromatic N) is 2. The van der Waals surface area contributed by atoms with Crippen molar-refractivity contribution in [1.82, 2.24) is 4.90 Å². The lowest BCUT2D eigenvalue weighted by Gasteiger charge is -2.12. The SMILES string of the molecule is Cc1ccc(NC(=O)COc2cccc(/C=C3\SC(=O)N(Cc4ccc([N+](=O)[O-])cc4)C3=O)c2)cc1C. The van der Waals surface area contributed by atoms with Gasteiger partial charge in [-0.2, -0.15) is 0 Å². The van der Waals surface area contributed by atoms with Crippen LogP contribution in [0.5, 0.6) is 5.75 Å². The number of imide groups is 1. The molecule has 188 valence electrons. The van der Waals surface area contributed by atoms with E-state index in [1.807, 2.05) is 32.0 Å². The van der Waals surface area contributed by atoms with Crippen LogP contribution >= 0.6 is 11.8 Å². The standard InChI is InChI=1S/C27H23N3O6S/c1-17-6-9-21(12-18(17)2)28-25(31)16-36-23-5-3-4-20(13-23)14-24-26(32)29(27(33)37-24)15-19-7-10-22(11-8-19)30(34)35/h3-14H,15-16H2,1-2H3,(H,28,31)/b24-14-. The van der Waals surface area contributed by atoms with Gasteiger partial charge in [0.05, 0.1) is 16.4 Å². The number of non-ortho nitro benzene ring substituents is 1. The molecular formula is C27H23N3O6S. The van der Waals surface area contributed by atoms with Crippen LogP contribution in [0, 0.1) is 24.0 Å². The molecule has 0 spiro atoms. The molecule has 1 N–H and O–H groups in total. The number of nitrogens with one attached hydrogen (secondary N) is 1. The number of thioether (sulfide) groups is 1. The van der Waals surface area contributed by atoms with Crippen LogP contribution in [0.2, 0.25) is 0 Å². The molecule has 10 heteroatoms. The molecule has 0 aromatic heterocycles. The molecule has 0 atom stereocenters. The van der Waals surface area contributed by atoms with Crippen molar-refractivity contribution < 1.29 is 24.0 Å². The van der Waals surface area contributed by atoms with Gasteiger partial charge < -0.3 is 10.1 Å². The summed E-state index contributed by atoms with van der Waals surface area (Å²) < 4.78 is 5.62. The second kappa shape index (κ2) is 11.1. The van der Waals surface area contributed by atoms with Crippen molar-refractivity contribution in [2.75, 3.05) is 11.9 Å². The molecule has 4 rings (SSSR count). The Bertz CT molecular complexity index is 1420. The number of aryl methyl sites for hydroxylation is 2. The van der Waals surface area contributed by atoms with Crippen LogP contribution < -0.4 is 10.1 Å². The maximum Gasteiger partial charge on any atom is 0.293 e. The predicted octanol–water partition coefficient (Wildman–Crippen LogP) is 5.47. The number of nitro groups is 1. The summed E-state index contributed by atoms with van der Waals surface area (Å²) in [5.74, 6) is -0.317. The molecule has 1 saturated heterocycles. The van der Waals surface area contributed by atoms with Gasteiger partial charge in [-0.25, -0.2) is 0 Å². The molecule has 1 aliphatic rings. The second-order valence-electron chi connectivity index (χ2n) is 8.40. The fourth-order valence-corrected chi connectivity index (χ4v) is 4.39. The highest BCUT2D eigenvalue weighted by molar-refractivity contribution is 8.18. The molecule has 9 nitrogen and oxygen atoms in total. The van der Waals surface area contributed by atoms with Gasteiger partial charge in [0.1, 0.15) is 5.75 Å². The Kier molecular flexibility index (Phi) is 7.69. The molecular weight excluding hydrogens is 494 g/mol. The number of hydrogen-bond acceptors (Lipinski definition) is 7. The number of carbonyl (C=O) groups is 3. The summed E-state index contributed by atoms with van der Waals surface area (Å²) in [4.78, 5) is 49.2. The fourth-order valence-electron chi connectivity index (χ4n) is 3.55. The van der Waals surface area contributed by atoms with Gasteiger partial charge in [0.25, 0.3) is 22.7 Å². The first kappa shape index (κ1) is 25.6. The smallest absolute Gasteiger partial charge is 0.293 e. The third-order valence-corrected chi connectivity index (χ3v) is 6.59. The molecule has 37 heavy (non-hydrogen) atoms. The molecule has 0 radical (unpaired) electrons. The van der Waals surface area contributed by atoms with E-state index < -0.39 is 16.1 Å². The maximum atomic E-state index is 12.8. The van der Waals surface area contributed by atoms with Gasteiger partial charge in [0, 0.05) is 17.8 Å². The minimum absolute atomic E-state index is 0.0127. The van der Waals surface area contributed by atoms with Gasteiger partial charge in [-0.15, -0.1) is 0 Å². The van der Waals surface area contributed by atoms with Crippen molar-refractivity contribution in [2.24, 2.45) is 0 Å². The number of amides is 3. The highest BCUT2D eigenvalue weighted by Crippen LogP contribution is 2.34. The van der Waals surface area contributed by atoms with E-state index in [2.05, 4.69) is 5.32 Å². The summed E-state index contributed by atoms with van der Waals surface area (Å²) in [5, 5.41) is 13.2. The third kappa shape index (κ3) is 6.42. The summed E-state index contributed by atoms with van der Waals surface area (Å²) in [7, 11) is 0. The van der Waals surface area contributed by atoms with Crippen LogP contribution in [-0.4, -0.2) is 33.5 Å². The first-order valence-corrected chi connectivity index (χ1v) is 12.1. The molecule has 3 amide bonds. The van der Waals surface area contributed by atoms with Crippen molar-refractivity contribution in [2.45, 2.75) is 20.4 Å². The normalized spacial score (nSPS) is 14.2. The zero-order valence-electron chi connectivity index (χ0n) is 20.1. The molecule has 3 aromatic carbocycles. The van der Waals surface area contributed by atoms with Gasteiger partial charge in [-0.1, -0.05) is 30.3 Å². The third-order valence-electron chi connectivity index (χ3n) is 5.68. The largest absolute Gasteiger partial charge is 0.484 e. The van der Waals surface area contributed by atoms with Crippen LogP contribution in [0.1, 0.15) is 22.3 Å². The number of anilines is 1. The van der Waals surface area contributed by atoms with Gasteiger partial charge in [0.2, 0.25) is 0 Å². The fraction of sp³-hybridized carbons (Fsp3) is 0.148. The molecule has 0 saturated carbocycles. The van der Waals surface area contributed by atoms with Gasteiger partial charge >= 0.3 is 0 Å². The average molecular weight is 518 g/mol. The first-order valence-electron chi connectivity index (χ1n) is 11.3. The maximum absolute atomic E-state index is 12.8. The Balaban J connectivity index is 1.38. The van der Waals surface area contributed by atoms with E-state index in [-0.39, 0.29) is 29.7 Å². The lowest BCUT2D eigenvalue weighted by molar-refractivity contribution is -0.384. The summed E-state index contributed by atoms with van der Waals surface area (Å²) in [6.45, 7) is 3.79. The Labute approximate surface area is 217 Å². The number of nitro benzene ring substituents is 1. The molecule has 1 fully saturated rings. The van der Waals surface area contributed by atoms with Gasteiger partial charge in [-0.3, -0.25) is 29.4 Å². The van der Waals surface area contributed by atoms with E-state index in [1.54, 1.807) is 30.3 Å². The molecule has 1 heterocycles. The zero-order chi connectivity index (χ0) is 26.5. The number of carbonyl (C=O) groups excluding carboxylic acids is 3. The molecule has 0 unspecified atom stereocenters. The second-order valence-corrected chi connectivity index (χ2v) is 9.39. The van der Waals surface area contributed by atoms with E-state index in [1.165, 1.54) is 24.3 Å². The lowest BCUT2D eigenvalue weighted by atomic mass is 10.1. The summed E-state index contributed by atoms with van der Waals surface area (Å²) in [5.41, 5.74) is 4.06. The van der Waals surface area contributed by atoms with E-state index in [4.69, 9.17) is 4.74 Å². The molecule has 1 aliphatic heterocycles. The topological polar surface area (TPSA) is 119 Å². The highest BCUT2D eigenvalue weighted by Gasteiger charge is 2.35. The van der Waals surface area contributed by atoms with E-state index in [9.17, 15) is 24.5 Å². The lowest BCUT2D eigenvalue weighted by Crippen LogP contribution is -2.27. The van der Waals surface area contributed by atoms with Crippen molar-refractivity contribution in [3.8, 4) is 5.75 Å². The van der Waals surface area contributed by atoms with Crippen LogP contribution in [0.4, 0.5) is 16.2 Å². The summed E-state index contributed by atoms with van der Waals surface area (Å²) in [6.07, 6.45) is 1.59. The zero-order valence-corrected chi connectivity index (χ0v) is 20.9. The molecule has 0 aliphatic carbocycles. The predicted molar refractivity (Wildman–Crippen MR) is 141 cm³/mol. The summed E-state index contributed by atoms with van der Waals surface area (Å²) in [6, 6.07) is 18.2. The number of hydrogen-bond donors (Lipinski definition) is 1. The number of ether oxygens (including phenoxy) is 1. The Hall–Kier alpha value is -4.44. The minimum atomic E-state index is -0.512. The van der Waals surface area contributed by atoms with E-state index in [0.717, 1.165) is 27.8 Å². The van der Waals surface area contributed by atoms with Crippen molar-refractivity contribution in [1.29, 1.82) is 0 Å². The van der Waals surface area contributed by atoms with Crippen LogP contribution in [0.25, 0.3) is 6.08 Å². The number of rotatable bonds is 8. The van der Waals surface area contributed by atoms with Crippen molar-refractivity contribution in [3.05, 3.63) is 104 Å². The quantitative estimate of drug-likeness (QED) is 0.239. The van der Waals surface area contributed by atoms with E-state index >= 15 is 0 Å². The molecule has 3 aromatic rings. The van der Waals surface area contributed by atoms with Crippen molar-refractivity contribution in [3.63, 3.8) is 0 Å². The van der Waals surface area contributed by atoms with Crippen LogP contribution in [0.15, 0.2) is 71.6 Å². The Morgan fingerprint density at radius 3 is 2.51 bits per heavy atom. The molecule has 0 bridgehead atoms. The summed E-state index contributed by atoms with van der Waals surface area (Å²) >= 11 is 0.817. The Morgan fingerprint density at radius 2 is 1.81 bits per heavy atom. The number of benzene rings is 3. The highest BCUT2D eigenvalue weighted by atomic mass is 32.2. The monoisotopic (exact) mass is 517 g/mol. The Morgan fingerprint density at radius 1 is 1.05 bits per heavy atom. The first-order chi connectivity index (χ1) is 17.7. The van der Waals surface area contributed by atoms with Crippen molar-refractivity contribution >= 4 is 46.3 Å². The van der Waals surface area contributed by atoms with Crippen LogP contribution in [-0.2, 0) is 16.1 Å². The minimum Gasteiger partial charge on any atom is -0.484 e. The van der Waals surface area contributed by atoms with Gasteiger partial charge in [0.15, 0.2) is 6.61 Å².